The smallest absolute Gasteiger partial charge is 0.323 e. The minimum atomic E-state index is -0.434. The molecule has 0 aliphatic carbocycles. The summed E-state index contributed by atoms with van der Waals surface area (Å²) in [6.07, 6.45) is -0.114. The van der Waals surface area contributed by atoms with Crippen molar-refractivity contribution in [3.05, 3.63) is 48.0 Å². The highest BCUT2D eigenvalue weighted by Gasteiger charge is 2.27. The van der Waals surface area contributed by atoms with Crippen molar-refractivity contribution in [3.63, 3.8) is 0 Å². The summed E-state index contributed by atoms with van der Waals surface area (Å²) >= 11 is 0. The van der Waals surface area contributed by atoms with Gasteiger partial charge in [-0.05, 0) is 50.2 Å². The van der Waals surface area contributed by atoms with Gasteiger partial charge >= 0.3 is 6.03 Å². The van der Waals surface area contributed by atoms with Crippen molar-refractivity contribution < 1.29 is 23.8 Å². The summed E-state index contributed by atoms with van der Waals surface area (Å²) < 4.78 is 17.0. The number of carbonyl (C=O) groups excluding carboxylic acids is 2. The van der Waals surface area contributed by atoms with E-state index in [1.165, 1.54) is 0 Å². The van der Waals surface area contributed by atoms with Crippen LogP contribution in [0.3, 0.4) is 0 Å². The SMILES string of the molecule is COc1cccc(NC(=O)Nc2ccc3c(c2)C(=O)N(C)C[C@H](OC)[C@@H](C)CN(C)[C@@H](C)CO3)c1. The van der Waals surface area contributed by atoms with Crippen molar-refractivity contribution in [3.8, 4) is 11.5 Å². The number of hydrogen-bond acceptors (Lipinski definition) is 6. The predicted octanol–water partition coefficient (Wildman–Crippen LogP) is 3.78. The molecule has 0 bridgehead atoms. The lowest BCUT2D eigenvalue weighted by molar-refractivity contribution is 0.0150. The van der Waals surface area contributed by atoms with E-state index in [-0.39, 0.29) is 24.0 Å². The summed E-state index contributed by atoms with van der Waals surface area (Å²) in [6.45, 7) is 5.90. The molecule has 190 valence electrons. The van der Waals surface area contributed by atoms with Crippen molar-refractivity contribution in [1.82, 2.24) is 9.80 Å². The van der Waals surface area contributed by atoms with Crippen molar-refractivity contribution in [2.24, 2.45) is 5.92 Å². The minimum absolute atomic E-state index is 0.114. The van der Waals surface area contributed by atoms with Crippen LogP contribution in [0.15, 0.2) is 42.5 Å². The van der Waals surface area contributed by atoms with Crippen molar-refractivity contribution in [1.29, 1.82) is 0 Å². The zero-order valence-corrected chi connectivity index (χ0v) is 21.3. The van der Waals surface area contributed by atoms with Gasteiger partial charge in [-0.15, -0.1) is 0 Å². The molecule has 0 radical (unpaired) electrons. The van der Waals surface area contributed by atoms with E-state index < -0.39 is 6.03 Å². The molecule has 1 heterocycles. The van der Waals surface area contributed by atoms with Crippen LogP contribution in [0.25, 0.3) is 0 Å². The number of nitrogens with zero attached hydrogens (tertiary/aromatic N) is 2. The molecule has 0 unspecified atom stereocenters. The lowest BCUT2D eigenvalue weighted by Gasteiger charge is -2.34. The Labute approximate surface area is 207 Å². The second-order valence-electron chi connectivity index (χ2n) is 9.06. The minimum Gasteiger partial charge on any atom is -0.497 e. The Balaban J connectivity index is 1.83. The van der Waals surface area contributed by atoms with E-state index in [0.29, 0.717) is 41.6 Å². The van der Waals surface area contributed by atoms with Crippen LogP contribution in [0.4, 0.5) is 16.2 Å². The molecule has 0 fully saturated rings. The van der Waals surface area contributed by atoms with Gasteiger partial charge in [-0.3, -0.25) is 9.69 Å². The van der Waals surface area contributed by atoms with Crippen molar-refractivity contribution in [2.75, 3.05) is 58.6 Å². The molecule has 2 aromatic carbocycles. The van der Waals surface area contributed by atoms with Crippen LogP contribution in [-0.4, -0.2) is 81.9 Å². The van der Waals surface area contributed by atoms with Crippen LogP contribution in [0.1, 0.15) is 24.2 Å². The largest absolute Gasteiger partial charge is 0.497 e. The molecule has 1 aliphatic heterocycles. The quantitative estimate of drug-likeness (QED) is 0.686. The molecule has 1 aliphatic rings. The standard InChI is InChI=1S/C26H36N4O5/c1-17-14-29(3)18(2)16-35-23-11-10-20(13-22(23)25(31)30(4)15-24(17)34-6)28-26(32)27-19-8-7-9-21(12-19)33-5/h7-13,17-18,24H,14-16H2,1-6H3,(H2,27,28,32)/t17-,18-,24-/m0/s1. The summed E-state index contributed by atoms with van der Waals surface area (Å²) in [4.78, 5) is 29.9. The van der Waals surface area contributed by atoms with Gasteiger partial charge in [0.25, 0.3) is 5.91 Å². The molecule has 0 saturated heterocycles. The van der Waals surface area contributed by atoms with Gasteiger partial charge in [-0.2, -0.15) is 0 Å². The molecule has 2 N–H and O–H groups in total. The number of likely N-dealkylation sites (N-methyl/N-ethyl adjacent to an activating group) is 2. The van der Waals surface area contributed by atoms with Gasteiger partial charge in [0.15, 0.2) is 0 Å². The highest BCUT2D eigenvalue weighted by atomic mass is 16.5. The first kappa shape index (κ1) is 26.3. The first-order chi connectivity index (χ1) is 16.7. The Hall–Kier alpha value is -3.30. The van der Waals surface area contributed by atoms with Crippen molar-refractivity contribution >= 4 is 23.3 Å². The fourth-order valence-corrected chi connectivity index (χ4v) is 4.03. The zero-order valence-electron chi connectivity index (χ0n) is 21.3. The van der Waals surface area contributed by atoms with E-state index in [2.05, 4.69) is 36.4 Å². The number of nitrogens with one attached hydrogen (secondary N) is 2. The molecule has 2 aromatic rings. The Morgan fingerprint density at radius 2 is 1.74 bits per heavy atom. The summed E-state index contributed by atoms with van der Waals surface area (Å²) in [7, 11) is 7.05. The van der Waals surface area contributed by atoms with E-state index in [4.69, 9.17) is 14.2 Å². The topological polar surface area (TPSA) is 92.4 Å². The highest BCUT2D eigenvalue weighted by molar-refractivity contribution is 6.02. The number of carbonyl (C=O) groups is 2. The van der Waals surface area contributed by atoms with Gasteiger partial charge in [-0.25, -0.2) is 4.79 Å². The molecule has 0 saturated carbocycles. The first-order valence-electron chi connectivity index (χ1n) is 11.7. The number of benzene rings is 2. The maximum absolute atomic E-state index is 13.4. The summed E-state index contributed by atoms with van der Waals surface area (Å²) in [6, 6.07) is 11.9. The molecule has 9 nitrogen and oxygen atoms in total. The van der Waals surface area contributed by atoms with Crippen LogP contribution < -0.4 is 20.1 Å². The lowest BCUT2D eigenvalue weighted by atomic mass is 10.0. The molecule has 0 spiro atoms. The van der Waals surface area contributed by atoms with E-state index in [1.807, 2.05) is 0 Å². The maximum atomic E-state index is 13.4. The number of anilines is 2. The number of methoxy groups -OCH3 is 2. The summed E-state index contributed by atoms with van der Waals surface area (Å²) in [5.74, 6) is 1.13. The Kier molecular flexibility index (Phi) is 8.95. The third kappa shape index (κ3) is 6.86. The number of amides is 3. The number of ether oxygens (including phenoxy) is 3. The van der Waals surface area contributed by atoms with E-state index in [9.17, 15) is 9.59 Å². The molecular formula is C26H36N4O5. The Morgan fingerprint density at radius 1 is 1.03 bits per heavy atom. The summed E-state index contributed by atoms with van der Waals surface area (Å²) in [5, 5.41) is 5.56. The van der Waals surface area contributed by atoms with E-state index in [0.717, 1.165) is 6.54 Å². The normalized spacial score (nSPS) is 21.7. The van der Waals surface area contributed by atoms with Crippen LogP contribution in [0.2, 0.25) is 0 Å². The van der Waals surface area contributed by atoms with Gasteiger partial charge in [-0.1, -0.05) is 13.0 Å². The van der Waals surface area contributed by atoms with Gasteiger partial charge < -0.3 is 29.7 Å². The summed E-state index contributed by atoms with van der Waals surface area (Å²) in [5.41, 5.74) is 1.44. The molecular weight excluding hydrogens is 448 g/mol. The third-order valence-electron chi connectivity index (χ3n) is 6.34. The molecule has 3 atom stereocenters. The molecule has 35 heavy (non-hydrogen) atoms. The third-order valence-corrected chi connectivity index (χ3v) is 6.34. The van der Waals surface area contributed by atoms with Crippen LogP contribution in [-0.2, 0) is 4.74 Å². The van der Waals surface area contributed by atoms with Crippen LogP contribution in [0.5, 0.6) is 11.5 Å². The Bertz CT molecular complexity index is 1030. The average molecular weight is 485 g/mol. The van der Waals surface area contributed by atoms with Gasteiger partial charge in [0, 0.05) is 50.7 Å². The molecule has 0 aromatic heterocycles. The highest BCUT2D eigenvalue weighted by Crippen LogP contribution is 2.26. The number of urea groups is 1. The van der Waals surface area contributed by atoms with Crippen molar-refractivity contribution in [2.45, 2.75) is 26.0 Å². The van der Waals surface area contributed by atoms with Gasteiger partial charge in [0.1, 0.15) is 18.1 Å². The first-order valence-corrected chi connectivity index (χ1v) is 11.7. The fourth-order valence-electron chi connectivity index (χ4n) is 4.03. The van der Waals surface area contributed by atoms with Crippen LogP contribution in [0, 0.1) is 5.92 Å². The second-order valence-corrected chi connectivity index (χ2v) is 9.06. The Morgan fingerprint density at radius 3 is 2.43 bits per heavy atom. The van der Waals surface area contributed by atoms with Crippen LogP contribution >= 0.6 is 0 Å². The monoisotopic (exact) mass is 484 g/mol. The van der Waals surface area contributed by atoms with E-state index in [1.54, 1.807) is 68.6 Å². The number of fused-ring (bicyclic) bond motifs is 1. The van der Waals surface area contributed by atoms with Gasteiger partial charge in [0.2, 0.25) is 0 Å². The number of hydrogen-bond donors (Lipinski definition) is 2. The average Bonchev–Trinajstić information content (AvgIpc) is 2.84. The van der Waals surface area contributed by atoms with E-state index >= 15 is 0 Å². The number of rotatable bonds is 4. The molecule has 9 heteroatoms. The lowest BCUT2D eigenvalue weighted by Crippen LogP contribution is -2.45. The second kappa shape index (κ2) is 11.9. The zero-order chi connectivity index (χ0) is 25.5. The molecule has 3 rings (SSSR count). The molecule has 3 amide bonds. The maximum Gasteiger partial charge on any atom is 0.323 e. The van der Waals surface area contributed by atoms with Gasteiger partial charge in [0.05, 0.1) is 18.8 Å². The fraction of sp³-hybridized carbons (Fsp3) is 0.462. The predicted molar refractivity (Wildman–Crippen MR) is 137 cm³/mol.